The Morgan fingerprint density at radius 2 is 1.92 bits per heavy atom. The molecule has 0 aliphatic carbocycles. The van der Waals surface area contributed by atoms with Crippen molar-refractivity contribution in [3.8, 4) is 11.4 Å². The molecule has 134 valence electrons. The number of rotatable bonds is 5. The number of carbonyl (C=O) groups excluding carboxylic acids is 1. The molecule has 3 N–H and O–H groups in total. The Kier molecular flexibility index (Phi) is 5.22. The number of carbonyl (C=O) groups is 1. The highest BCUT2D eigenvalue weighted by atomic mass is 32.2. The first-order chi connectivity index (χ1) is 12.4. The number of hydrogen-bond donors (Lipinski definition) is 2. The van der Waals surface area contributed by atoms with Crippen LogP contribution < -0.4 is 11.2 Å². The highest BCUT2D eigenvalue weighted by Gasteiger charge is 2.14. The predicted octanol–water partition coefficient (Wildman–Crippen LogP) is 3.15. The van der Waals surface area contributed by atoms with E-state index in [1.165, 1.54) is 34.6 Å². The summed E-state index contributed by atoms with van der Waals surface area (Å²) in [7, 11) is 0. The lowest BCUT2D eigenvalue weighted by molar-refractivity contribution is -0.113. The first-order valence-electron chi connectivity index (χ1n) is 7.90. The summed E-state index contributed by atoms with van der Waals surface area (Å²) in [5, 5.41) is 11.3. The number of aryl methyl sites for hydroxylation is 2. The fraction of sp³-hybridized carbons (Fsp3) is 0.167. The van der Waals surface area contributed by atoms with Gasteiger partial charge < -0.3 is 11.2 Å². The van der Waals surface area contributed by atoms with Crippen molar-refractivity contribution in [2.24, 2.45) is 0 Å². The van der Waals surface area contributed by atoms with Gasteiger partial charge in [0, 0.05) is 11.3 Å². The number of halogens is 1. The van der Waals surface area contributed by atoms with Gasteiger partial charge >= 0.3 is 0 Å². The van der Waals surface area contributed by atoms with Crippen molar-refractivity contribution in [3.63, 3.8) is 0 Å². The Bertz CT molecular complexity index is 939. The van der Waals surface area contributed by atoms with Crippen LogP contribution in [0.25, 0.3) is 11.4 Å². The SMILES string of the molecule is Cc1ccc(-c2nnc(SCC(=O)Nc3ccc(F)cc3C)n2N)cc1. The minimum absolute atomic E-state index is 0.111. The number of benzene rings is 2. The van der Waals surface area contributed by atoms with Crippen LogP contribution in [0, 0.1) is 19.7 Å². The minimum Gasteiger partial charge on any atom is -0.335 e. The van der Waals surface area contributed by atoms with Gasteiger partial charge in [0.25, 0.3) is 0 Å². The summed E-state index contributed by atoms with van der Waals surface area (Å²) in [6.45, 7) is 3.73. The van der Waals surface area contributed by atoms with Crippen LogP contribution in [0.4, 0.5) is 10.1 Å². The fourth-order valence-electron chi connectivity index (χ4n) is 2.36. The van der Waals surface area contributed by atoms with Crippen LogP contribution in [0.3, 0.4) is 0 Å². The van der Waals surface area contributed by atoms with Crippen LogP contribution in [0.1, 0.15) is 11.1 Å². The molecule has 0 saturated carbocycles. The molecule has 0 aliphatic heterocycles. The van der Waals surface area contributed by atoms with Crippen molar-refractivity contribution in [2.45, 2.75) is 19.0 Å². The average Bonchev–Trinajstić information content (AvgIpc) is 2.97. The summed E-state index contributed by atoms with van der Waals surface area (Å²) in [4.78, 5) is 12.1. The van der Waals surface area contributed by atoms with Crippen molar-refractivity contribution >= 4 is 23.4 Å². The molecule has 0 bridgehead atoms. The standard InChI is InChI=1S/C18H18FN5OS/c1-11-3-5-13(6-4-11)17-22-23-18(24(17)20)26-10-16(25)21-15-8-7-14(19)9-12(15)2/h3-9H,10,20H2,1-2H3,(H,21,25). The third-order valence-corrected chi connectivity index (χ3v) is 4.71. The molecular weight excluding hydrogens is 353 g/mol. The van der Waals surface area contributed by atoms with Gasteiger partial charge in [-0.1, -0.05) is 41.6 Å². The summed E-state index contributed by atoms with van der Waals surface area (Å²) in [6, 6.07) is 12.0. The van der Waals surface area contributed by atoms with E-state index in [4.69, 9.17) is 5.84 Å². The van der Waals surface area contributed by atoms with Crippen LogP contribution in [0.5, 0.6) is 0 Å². The van der Waals surface area contributed by atoms with Crippen LogP contribution in [-0.2, 0) is 4.79 Å². The third-order valence-electron chi connectivity index (χ3n) is 3.77. The Hall–Kier alpha value is -2.87. The predicted molar refractivity (Wildman–Crippen MR) is 101 cm³/mol. The van der Waals surface area contributed by atoms with E-state index in [0.29, 0.717) is 22.2 Å². The van der Waals surface area contributed by atoms with Crippen LogP contribution in [0.2, 0.25) is 0 Å². The lowest BCUT2D eigenvalue weighted by Gasteiger charge is -2.08. The van der Waals surface area contributed by atoms with Gasteiger partial charge in [-0.15, -0.1) is 10.2 Å². The molecule has 2 aromatic carbocycles. The topological polar surface area (TPSA) is 85.8 Å². The molecule has 1 heterocycles. The molecule has 8 heteroatoms. The summed E-state index contributed by atoms with van der Waals surface area (Å²) in [5.41, 5.74) is 3.22. The van der Waals surface area contributed by atoms with Crippen molar-refractivity contribution in [1.82, 2.24) is 14.9 Å². The largest absolute Gasteiger partial charge is 0.335 e. The van der Waals surface area contributed by atoms with Gasteiger partial charge in [-0.3, -0.25) is 4.79 Å². The summed E-state index contributed by atoms with van der Waals surface area (Å²) in [5.74, 6) is 6.12. The molecule has 0 fully saturated rings. The highest BCUT2D eigenvalue weighted by molar-refractivity contribution is 7.99. The maximum absolute atomic E-state index is 13.1. The molecule has 0 atom stereocenters. The summed E-state index contributed by atoms with van der Waals surface area (Å²) >= 11 is 1.18. The van der Waals surface area contributed by atoms with Gasteiger partial charge in [0.05, 0.1) is 5.75 Å². The first-order valence-corrected chi connectivity index (χ1v) is 8.89. The second-order valence-electron chi connectivity index (χ2n) is 5.84. The lowest BCUT2D eigenvalue weighted by atomic mass is 10.1. The molecule has 0 unspecified atom stereocenters. The van der Waals surface area contributed by atoms with Gasteiger partial charge in [0.2, 0.25) is 11.1 Å². The quantitative estimate of drug-likeness (QED) is 0.532. The van der Waals surface area contributed by atoms with E-state index in [1.807, 2.05) is 31.2 Å². The van der Waals surface area contributed by atoms with E-state index >= 15 is 0 Å². The molecule has 0 aliphatic rings. The Balaban J connectivity index is 1.64. The zero-order valence-corrected chi connectivity index (χ0v) is 15.2. The Morgan fingerprint density at radius 1 is 1.19 bits per heavy atom. The summed E-state index contributed by atoms with van der Waals surface area (Å²) in [6.07, 6.45) is 0. The van der Waals surface area contributed by atoms with E-state index in [2.05, 4.69) is 15.5 Å². The second kappa shape index (κ2) is 7.57. The van der Waals surface area contributed by atoms with Gasteiger partial charge in [-0.2, -0.15) is 0 Å². The van der Waals surface area contributed by atoms with Gasteiger partial charge in [0.1, 0.15) is 5.82 Å². The van der Waals surface area contributed by atoms with E-state index in [-0.39, 0.29) is 17.5 Å². The zero-order valence-electron chi connectivity index (χ0n) is 14.4. The lowest BCUT2D eigenvalue weighted by Crippen LogP contribution is -2.17. The van der Waals surface area contributed by atoms with Crippen LogP contribution in [0.15, 0.2) is 47.6 Å². The molecule has 6 nitrogen and oxygen atoms in total. The van der Waals surface area contributed by atoms with Crippen molar-refractivity contribution in [1.29, 1.82) is 0 Å². The zero-order chi connectivity index (χ0) is 18.7. The number of amides is 1. The number of anilines is 1. The van der Waals surface area contributed by atoms with Crippen LogP contribution >= 0.6 is 11.8 Å². The maximum atomic E-state index is 13.1. The average molecular weight is 371 g/mol. The fourth-order valence-corrected chi connectivity index (χ4v) is 3.02. The molecule has 0 radical (unpaired) electrons. The number of nitrogens with one attached hydrogen (secondary N) is 1. The molecule has 1 aromatic heterocycles. The normalized spacial score (nSPS) is 10.7. The smallest absolute Gasteiger partial charge is 0.234 e. The second-order valence-corrected chi connectivity index (χ2v) is 6.78. The van der Waals surface area contributed by atoms with Crippen LogP contribution in [-0.4, -0.2) is 26.5 Å². The summed E-state index contributed by atoms with van der Waals surface area (Å²) < 4.78 is 14.5. The number of hydrogen-bond acceptors (Lipinski definition) is 5. The van der Waals surface area contributed by atoms with Gasteiger partial charge in [-0.05, 0) is 37.6 Å². The number of nitrogen functional groups attached to an aromatic ring is 1. The monoisotopic (exact) mass is 371 g/mol. The van der Waals surface area contributed by atoms with Gasteiger partial charge in [-0.25, -0.2) is 9.07 Å². The van der Waals surface area contributed by atoms with Crippen molar-refractivity contribution < 1.29 is 9.18 Å². The number of thioether (sulfide) groups is 1. The molecule has 3 rings (SSSR count). The molecule has 1 amide bonds. The van der Waals surface area contributed by atoms with E-state index in [9.17, 15) is 9.18 Å². The molecule has 3 aromatic rings. The van der Waals surface area contributed by atoms with E-state index < -0.39 is 0 Å². The first kappa shape index (κ1) is 17.9. The van der Waals surface area contributed by atoms with Crippen molar-refractivity contribution in [3.05, 3.63) is 59.4 Å². The van der Waals surface area contributed by atoms with Crippen molar-refractivity contribution in [2.75, 3.05) is 16.9 Å². The number of aromatic nitrogens is 3. The van der Waals surface area contributed by atoms with Gasteiger partial charge in [0.15, 0.2) is 5.82 Å². The highest BCUT2D eigenvalue weighted by Crippen LogP contribution is 2.22. The molecular formula is C18H18FN5OS. The third kappa shape index (κ3) is 4.02. The van der Waals surface area contributed by atoms with E-state index in [0.717, 1.165) is 11.1 Å². The Labute approximate surface area is 154 Å². The minimum atomic E-state index is -0.338. The number of nitrogens with two attached hydrogens (primary N) is 1. The Morgan fingerprint density at radius 3 is 2.62 bits per heavy atom. The van der Waals surface area contributed by atoms with E-state index in [1.54, 1.807) is 6.92 Å². The molecule has 0 spiro atoms. The molecule has 0 saturated heterocycles. The number of nitrogens with zero attached hydrogens (tertiary/aromatic N) is 3. The maximum Gasteiger partial charge on any atom is 0.234 e. The molecule has 26 heavy (non-hydrogen) atoms.